The number of hydrogen-bond acceptors (Lipinski definition) is 3. The summed E-state index contributed by atoms with van der Waals surface area (Å²) in [7, 11) is -3.77. The first-order chi connectivity index (χ1) is 9.70. The van der Waals surface area contributed by atoms with Crippen LogP contribution in [0.4, 0.5) is 11.4 Å². The van der Waals surface area contributed by atoms with Gasteiger partial charge in [-0.1, -0.05) is 33.6 Å². The Labute approximate surface area is 141 Å². The molecule has 0 saturated heterocycles. The van der Waals surface area contributed by atoms with Gasteiger partial charge in [0.05, 0.1) is 11.4 Å². The standard InChI is InChI=1S/C14H14Br2N2O2S/c1-8-3-4-13(9(2)5-8)18-21(19,20)14-11(16)6-10(15)7-12(14)17/h3-7,18H,17H2,1-2H3. The molecule has 0 aliphatic heterocycles. The van der Waals surface area contributed by atoms with Gasteiger partial charge in [-0.05, 0) is 53.5 Å². The minimum atomic E-state index is -3.77. The van der Waals surface area contributed by atoms with E-state index in [-0.39, 0.29) is 10.6 Å². The number of sulfonamides is 1. The predicted octanol–water partition coefficient (Wildman–Crippen LogP) is 4.21. The zero-order valence-corrected chi connectivity index (χ0v) is 15.4. The molecule has 2 aromatic rings. The monoisotopic (exact) mass is 432 g/mol. The third kappa shape index (κ3) is 3.59. The van der Waals surface area contributed by atoms with Crippen molar-refractivity contribution in [3.8, 4) is 0 Å². The summed E-state index contributed by atoms with van der Waals surface area (Å²) in [4.78, 5) is 0.0330. The van der Waals surface area contributed by atoms with Gasteiger partial charge in [0.1, 0.15) is 4.90 Å². The van der Waals surface area contributed by atoms with E-state index in [0.717, 1.165) is 11.1 Å². The Morgan fingerprint density at radius 3 is 2.33 bits per heavy atom. The summed E-state index contributed by atoms with van der Waals surface area (Å²) in [5.74, 6) is 0. The van der Waals surface area contributed by atoms with Crippen LogP contribution in [0.1, 0.15) is 11.1 Å². The summed E-state index contributed by atoms with van der Waals surface area (Å²) in [6.07, 6.45) is 0. The minimum Gasteiger partial charge on any atom is -0.398 e. The summed E-state index contributed by atoms with van der Waals surface area (Å²) in [6, 6.07) is 8.71. The van der Waals surface area contributed by atoms with Crippen LogP contribution in [0.2, 0.25) is 0 Å². The maximum Gasteiger partial charge on any atom is 0.265 e. The Balaban J connectivity index is 2.48. The highest BCUT2D eigenvalue weighted by atomic mass is 79.9. The molecule has 2 aromatic carbocycles. The number of anilines is 2. The molecule has 0 amide bonds. The molecule has 0 aliphatic carbocycles. The lowest BCUT2D eigenvalue weighted by Gasteiger charge is -2.14. The van der Waals surface area contributed by atoms with Gasteiger partial charge in [0.15, 0.2) is 0 Å². The van der Waals surface area contributed by atoms with Crippen LogP contribution in [0.25, 0.3) is 0 Å². The van der Waals surface area contributed by atoms with Gasteiger partial charge < -0.3 is 5.73 Å². The Morgan fingerprint density at radius 1 is 1.10 bits per heavy atom. The van der Waals surface area contributed by atoms with Gasteiger partial charge in [-0.2, -0.15) is 0 Å². The molecule has 0 aliphatic rings. The van der Waals surface area contributed by atoms with E-state index in [2.05, 4.69) is 36.6 Å². The van der Waals surface area contributed by atoms with Crippen molar-refractivity contribution in [2.45, 2.75) is 18.7 Å². The second-order valence-electron chi connectivity index (χ2n) is 4.73. The number of aryl methyl sites for hydroxylation is 2. The van der Waals surface area contributed by atoms with Gasteiger partial charge in [-0.25, -0.2) is 8.42 Å². The number of nitrogen functional groups attached to an aromatic ring is 1. The fourth-order valence-electron chi connectivity index (χ4n) is 1.99. The zero-order chi connectivity index (χ0) is 15.8. The van der Waals surface area contributed by atoms with Crippen molar-refractivity contribution < 1.29 is 8.42 Å². The van der Waals surface area contributed by atoms with E-state index < -0.39 is 10.0 Å². The second kappa shape index (κ2) is 5.98. The molecule has 4 nitrogen and oxygen atoms in total. The third-order valence-corrected chi connectivity index (χ3v) is 5.76. The Morgan fingerprint density at radius 2 is 1.76 bits per heavy atom. The van der Waals surface area contributed by atoms with Gasteiger partial charge in [0.2, 0.25) is 0 Å². The summed E-state index contributed by atoms with van der Waals surface area (Å²) < 4.78 is 28.8. The average Bonchev–Trinajstić information content (AvgIpc) is 2.30. The highest BCUT2D eigenvalue weighted by molar-refractivity contribution is 9.11. The highest BCUT2D eigenvalue weighted by Gasteiger charge is 2.22. The SMILES string of the molecule is Cc1ccc(NS(=O)(=O)c2c(N)cc(Br)cc2Br)c(C)c1. The molecule has 0 unspecified atom stereocenters. The molecule has 0 fully saturated rings. The van der Waals surface area contributed by atoms with E-state index >= 15 is 0 Å². The molecule has 7 heteroatoms. The van der Waals surface area contributed by atoms with E-state index in [1.807, 2.05) is 26.0 Å². The molecule has 3 N–H and O–H groups in total. The molecule has 0 heterocycles. The topological polar surface area (TPSA) is 72.2 Å². The lowest BCUT2D eigenvalue weighted by atomic mass is 10.1. The Kier molecular flexibility index (Phi) is 4.65. The van der Waals surface area contributed by atoms with Crippen molar-refractivity contribution in [1.82, 2.24) is 0 Å². The molecule has 0 radical (unpaired) electrons. The average molecular weight is 434 g/mol. The van der Waals surface area contributed by atoms with E-state index in [0.29, 0.717) is 14.6 Å². The molecule has 0 atom stereocenters. The lowest BCUT2D eigenvalue weighted by molar-refractivity contribution is 0.601. The van der Waals surface area contributed by atoms with Crippen LogP contribution in [0.3, 0.4) is 0 Å². The van der Waals surface area contributed by atoms with Crippen LogP contribution < -0.4 is 10.5 Å². The Bertz CT molecular complexity index is 782. The van der Waals surface area contributed by atoms with Gasteiger partial charge in [0.25, 0.3) is 10.0 Å². The molecule has 112 valence electrons. The molecular formula is C14H14Br2N2O2S. The first-order valence-electron chi connectivity index (χ1n) is 6.05. The quantitative estimate of drug-likeness (QED) is 0.712. The van der Waals surface area contributed by atoms with Crippen LogP contribution in [0.5, 0.6) is 0 Å². The number of rotatable bonds is 3. The van der Waals surface area contributed by atoms with Crippen molar-refractivity contribution >= 4 is 53.3 Å². The molecular weight excluding hydrogens is 420 g/mol. The molecule has 21 heavy (non-hydrogen) atoms. The van der Waals surface area contributed by atoms with Gasteiger partial charge in [0, 0.05) is 8.95 Å². The van der Waals surface area contributed by atoms with E-state index in [1.54, 1.807) is 18.2 Å². The van der Waals surface area contributed by atoms with Crippen molar-refractivity contribution in [1.29, 1.82) is 0 Å². The summed E-state index contributed by atoms with van der Waals surface area (Å²) in [5.41, 5.74) is 8.48. The van der Waals surface area contributed by atoms with Gasteiger partial charge in [-0.3, -0.25) is 4.72 Å². The molecule has 0 aromatic heterocycles. The summed E-state index contributed by atoms with van der Waals surface area (Å²) >= 11 is 6.52. The number of nitrogens with two attached hydrogens (primary N) is 1. The van der Waals surface area contributed by atoms with Crippen LogP contribution in [-0.4, -0.2) is 8.42 Å². The van der Waals surface area contributed by atoms with Crippen LogP contribution in [0, 0.1) is 13.8 Å². The predicted molar refractivity (Wildman–Crippen MR) is 93.0 cm³/mol. The van der Waals surface area contributed by atoms with Crippen LogP contribution >= 0.6 is 31.9 Å². The van der Waals surface area contributed by atoms with E-state index in [4.69, 9.17) is 5.73 Å². The lowest BCUT2D eigenvalue weighted by Crippen LogP contribution is -2.16. The number of hydrogen-bond donors (Lipinski definition) is 2. The molecule has 0 spiro atoms. The maximum atomic E-state index is 12.6. The van der Waals surface area contributed by atoms with Crippen molar-refractivity contribution in [3.05, 3.63) is 50.4 Å². The van der Waals surface area contributed by atoms with Crippen molar-refractivity contribution in [2.75, 3.05) is 10.5 Å². The Hall–Kier alpha value is -1.05. The van der Waals surface area contributed by atoms with Gasteiger partial charge >= 0.3 is 0 Å². The number of halogens is 2. The molecule has 0 saturated carbocycles. The molecule has 2 rings (SSSR count). The van der Waals surface area contributed by atoms with Crippen LogP contribution in [0.15, 0.2) is 44.2 Å². The number of benzene rings is 2. The first kappa shape index (κ1) is 16.3. The smallest absolute Gasteiger partial charge is 0.265 e. The maximum absolute atomic E-state index is 12.6. The second-order valence-corrected chi connectivity index (χ2v) is 8.12. The summed E-state index contributed by atoms with van der Waals surface area (Å²) in [6.45, 7) is 3.80. The van der Waals surface area contributed by atoms with Crippen molar-refractivity contribution in [2.24, 2.45) is 0 Å². The van der Waals surface area contributed by atoms with E-state index in [1.165, 1.54) is 0 Å². The van der Waals surface area contributed by atoms with E-state index in [9.17, 15) is 8.42 Å². The zero-order valence-electron chi connectivity index (χ0n) is 11.4. The molecule has 0 bridgehead atoms. The third-order valence-electron chi connectivity index (χ3n) is 2.93. The first-order valence-corrected chi connectivity index (χ1v) is 9.12. The minimum absolute atomic E-state index is 0.0330. The summed E-state index contributed by atoms with van der Waals surface area (Å²) in [5, 5.41) is 0. The fraction of sp³-hybridized carbons (Fsp3) is 0.143. The van der Waals surface area contributed by atoms with Crippen LogP contribution in [-0.2, 0) is 10.0 Å². The van der Waals surface area contributed by atoms with Crippen molar-refractivity contribution in [3.63, 3.8) is 0 Å². The highest BCUT2D eigenvalue weighted by Crippen LogP contribution is 2.33. The number of nitrogens with one attached hydrogen (secondary N) is 1. The van der Waals surface area contributed by atoms with Gasteiger partial charge in [-0.15, -0.1) is 0 Å². The normalized spacial score (nSPS) is 11.4. The fourth-order valence-corrected chi connectivity index (χ4v) is 5.19. The largest absolute Gasteiger partial charge is 0.398 e.